The van der Waals surface area contributed by atoms with Crippen LogP contribution in [-0.4, -0.2) is 14.5 Å². The number of hydrogen-bond donors (Lipinski definition) is 1. The smallest absolute Gasteiger partial charge is 0.164 e. The van der Waals surface area contributed by atoms with Crippen LogP contribution >= 0.6 is 11.6 Å². The standard InChI is InChI=1S/C14H18ClFN2O/c1-3-5-9(4-2)14(19)13-12(16)11(15)6-10-7-17-8-18(10)13/h6-9,14,19H,3-5H2,1-2H3. The van der Waals surface area contributed by atoms with Crippen molar-refractivity contribution in [3.8, 4) is 0 Å². The van der Waals surface area contributed by atoms with Gasteiger partial charge in [0.25, 0.3) is 0 Å². The molecule has 5 heteroatoms. The molecular weight excluding hydrogens is 267 g/mol. The maximum absolute atomic E-state index is 14.3. The van der Waals surface area contributed by atoms with Gasteiger partial charge in [0, 0.05) is 0 Å². The van der Waals surface area contributed by atoms with Crippen LogP contribution in [0.5, 0.6) is 0 Å². The minimum absolute atomic E-state index is 0.0172. The van der Waals surface area contributed by atoms with E-state index in [0.717, 1.165) is 19.3 Å². The molecule has 0 aromatic carbocycles. The number of aromatic nitrogens is 2. The highest BCUT2D eigenvalue weighted by Crippen LogP contribution is 2.33. The molecule has 0 radical (unpaired) electrons. The van der Waals surface area contributed by atoms with Gasteiger partial charge >= 0.3 is 0 Å². The van der Waals surface area contributed by atoms with Crippen molar-refractivity contribution >= 4 is 17.1 Å². The Kier molecular flexibility index (Phi) is 4.42. The first-order valence-corrected chi connectivity index (χ1v) is 6.95. The van der Waals surface area contributed by atoms with E-state index in [1.165, 1.54) is 12.4 Å². The molecule has 19 heavy (non-hydrogen) atoms. The summed E-state index contributed by atoms with van der Waals surface area (Å²) in [5, 5.41) is 10.5. The number of halogens is 2. The fourth-order valence-electron chi connectivity index (χ4n) is 2.49. The number of aliphatic hydroxyl groups is 1. The number of imidazole rings is 1. The predicted molar refractivity (Wildman–Crippen MR) is 73.8 cm³/mol. The van der Waals surface area contributed by atoms with Gasteiger partial charge < -0.3 is 5.11 Å². The first-order chi connectivity index (χ1) is 9.10. The number of rotatable bonds is 5. The maximum atomic E-state index is 14.3. The zero-order valence-corrected chi connectivity index (χ0v) is 11.9. The second kappa shape index (κ2) is 5.88. The fraction of sp³-hybridized carbons (Fsp3) is 0.500. The molecule has 0 spiro atoms. The van der Waals surface area contributed by atoms with E-state index < -0.39 is 11.9 Å². The van der Waals surface area contributed by atoms with Crippen LogP contribution in [0.15, 0.2) is 18.6 Å². The molecule has 1 N–H and O–H groups in total. The van der Waals surface area contributed by atoms with Gasteiger partial charge in [-0.3, -0.25) is 4.40 Å². The van der Waals surface area contributed by atoms with E-state index in [0.29, 0.717) is 5.52 Å². The summed E-state index contributed by atoms with van der Waals surface area (Å²) in [4.78, 5) is 3.98. The number of fused-ring (bicyclic) bond motifs is 1. The molecule has 2 aromatic rings. The molecule has 104 valence electrons. The Bertz CT molecular complexity index is 570. The van der Waals surface area contributed by atoms with Gasteiger partial charge in [-0.25, -0.2) is 9.37 Å². The molecular formula is C14H18ClFN2O. The van der Waals surface area contributed by atoms with E-state index in [1.807, 2.05) is 6.92 Å². The summed E-state index contributed by atoms with van der Waals surface area (Å²) in [5.74, 6) is -0.544. The highest BCUT2D eigenvalue weighted by Gasteiger charge is 2.25. The molecule has 2 rings (SSSR count). The summed E-state index contributed by atoms with van der Waals surface area (Å²) < 4.78 is 15.8. The van der Waals surface area contributed by atoms with Crippen LogP contribution in [0.25, 0.3) is 5.52 Å². The lowest BCUT2D eigenvalue weighted by Gasteiger charge is -2.23. The van der Waals surface area contributed by atoms with Crippen LogP contribution in [0.4, 0.5) is 4.39 Å². The van der Waals surface area contributed by atoms with Gasteiger partial charge in [0.2, 0.25) is 0 Å². The van der Waals surface area contributed by atoms with E-state index >= 15 is 0 Å². The topological polar surface area (TPSA) is 37.5 Å². The molecule has 2 atom stereocenters. The Balaban J connectivity index is 2.53. The second-order valence-electron chi connectivity index (χ2n) is 4.78. The summed E-state index contributed by atoms with van der Waals surface area (Å²) in [6.45, 7) is 4.05. The number of pyridine rings is 1. The highest BCUT2D eigenvalue weighted by molar-refractivity contribution is 6.31. The average molecular weight is 285 g/mol. The molecule has 2 aromatic heterocycles. The van der Waals surface area contributed by atoms with Crippen molar-refractivity contribution in [1.29, 1.82) is 0 Å². The molecule has 0 saturated heterocycles. The largest absolute Gasteiger partial charge is 0.386 e. The predicted octanol–water partition coefficient (Wildman–Crippen LogP) is 3.99. The fourth-order valence-corrected chi connectivity index (χ4v) is 2.69. The van der Waals surface area contributed by atoms with Crippen molar-refractivity contribution in [2.75, 3.05) is 0 Å². The molecule has 0 aliphatic rings. The van der Waals surface area contributed by atoms with Crippen LogP contribution in [0, 0.1) is 11.7 Å². The summed E-state index contributed by atoms with van der Waals surface area (Å²) >= 11 is 5.89. The number of nitrogens with zero attached hydrogens (tertiary/aromatic N) is 2. The van der Waals surface area contributed by atoms with Gasteiger partial charge in [-0.05, 0) is 18.4 Å². The normalized spacial score (nSPS) is 14.8. The Hall–Kier alpha value is -1.13. The summed E-state index contributed by atoms with van der Waals surface area (Å²) in [6, 6.07) is 1.51. The van der Waals surface area contributed by atoms with E-state index in [-0.39, 0.29) is 16.6 Å². The first-order valence-electron chi connectivity index (χ1n) is 6.58. The van der Waals surface area contributed by atoms with Crippen molar-refractivity contribution < 1.29 is 9.50 Å². The SMILES string of the molecule is CCCC(CC)C(O)c1c(F)c(Cl)cc2cncn12. The van der Waals surface area contributed by atoms with Gasteiger partial charge in [0.05, 0.1) is 28.8 Å². The zero-order valence-electron chi connectivity index (χ0n) is 11.1. The van der Waals surface area contributed by atoms with Gasteiger partial charge in [-0.1, -0.05) is 38.3 Å². The third kappa shape index (κ3) is 2.60. The van der Waals surface area contributed by atoms with Crippen molar-refractivity contribution in [3.63, 3.8) is 0 Å². The van der Waals surface area contributed by atoms with E-state index in [9.17, 15) is 9.50 Å². The van der Waals surface area contributed by atoms with E-state index in [4.69, 9.17) is 11.6 Å². The minimum atomic E-state index is -0.875. The van der Waals surface area contributed by atoms with Gasteiger partial charge in [-0.2, -0.15) is 0 Å². The minimum Gasteiger partial charge on any atom is -0.386 e. The summed E-state index contributed by atoms with van der Waals surface area (Å²) in [7, 11) is 0. The van der Waals surface area contributed by atoms with Crippen molar-refractivity contribution in [2.45, 2.75) is 39.2 Å². The molecule has 2 heterocycles. The zero-order chi connectivity index (χ0) is 14.0. The molecule has 0 saturated carbocycles. The van der Waals surface area contributed by atoms with Crippen molar-refractivity contribution in [3.05, 3.63) is 35.1 Å². The lowest BCUT2D eigenvalue weighted by molar-refractivity contribution is 0.0908. The summed E-state index contributed by atoms with van der Waals surface area (Å²) in [5.41, 5.74) is 0.895. The lowest BCUT2D eigenvalue weighted by atomic mass is 9.92. The van der Waals surface area contributed by atoms with Crippen LogP contribution in [0.1, 0.15) is 44.9 Å². The third-order valence-electron chi connectivity index (χ3n) is 3.55. The van der Waals surface area contributed by atoms with E-state index in [1.54, 1.807) is 10.6 Å². The van der Waals surface area contributed by atoms with Crippen LogP contribution in [0.2, 0.25) is 5.02 Å². The Morgan fingerprint density at radius 1 is 1.47 bits per heavy atom. The summed E-state index contributed by atoms with van der Waals surface area (Å²) in [6.07, 6.45) is 4.82. The third-order valence-corrected chi connectivity index (χ3v) is 3.82. The van der Waals surface area contributed by atoms with Crippen LogP contribution in [-0.2, 0) is 0 Å². The molecule has 0 bridgehead atoms. The Morgan fingerprint density at radius 2 is 2.21 bits per heavy atom. The maximum Gasteiger partial charge on any atom is 0.164 e. The molecule has 3 nitrogen and oxygen atoms in total. The number of aliphatic hydroxyl groups excluding tert-OH is 1. The molecule has 0 aliphatic heterocycles. The van der Waals surface area contributed by atoms with Gasteiger partial charge in [-0.15, -0.1) is 0 Å². The number of hydrogen-bond acceptors (Lipinski definition) is 2. The van der Waals surface area contributed by atoms with Crippen molar-refractivity contribution in [2.24, 2.45) is 5.92 Å². The van der Waals surface area contributed by atoms with Crippen LogP contribution in [0.3, 0.4) is 0 Å². The first kappa shape index (κ1) is 14.3. The van der Waals surface area contributed by atoms with E-state index in [2.05, 4.69) is 11.9 Å². The Morgan fingerprint density at radius 3 is 2.84 bits per heavy atom. The van der Waals surface area contributed by atoms with Gasteiger partial charge in [0.15, 0.2) is 5.82 Å². The molecule has 0 aliphatic carbocycles. The van der Waals surface area contributed by atoms with Crippen LogP contribution < -0.4 is 0 Å². The average Bonchev–Trinajstić information content (AvgIpc) is 2.84. The second-order valence-corrected chi connectivity index (χ2v) is 5.19. The van der Waals surface area contributed by atoms with Crippen molar-refractivity contribution in [1.82, 2.24) is 9.38 Å². The molecule has 2 unspecified atom stereocenters. The lowest BCUT2D eigenvalue weighted by Crippen LogP contribution is -2.17. The van der Waals surface area contributed by atoms with Gasteiger partial charge in [0.1, 0.15) is 6.10 Å². The molecule has 0 amide bonds. The quantitative estimate of drug-likeness (QED) is 0.901. The molecule has 0 fully saturated rings. The Labute approximate surface area is 117 Å². The monoisotopic (exact) mass is 284 g/mol. The highest BCUT2D eigenvalue weighted by atomic mass is 35.5.